The van der Waals surface area contributed by atoms with Crippen molar-refractivity contribution in [2.24, 2.45) is 4.99 Å². The van der Waals surface area contributed by atoms with Crippen LogP contribution >= 0.6 is 11.3 Å². The summed E-state index contributed by atoms with van der Waals surface area (Å²) in [7, 11) is 1.64. The SMILES string of the molecule is COCCn1c(=NC(=O)Cc2ccccc2)sc2cc(NC(C)=O)ccc21. The van der Waals surface area contributed by atoms with Crippen molar-refractivity contribution in [3.63, 3.8) is 0 Å². The molecule has 140 valence electrons. The van der Waals surface area contributed by atoms with E-state index in [9.17, 15) is 9.59 Å². The van der Waals surface area contributed by atoms with E-state index in [0.29, 0.717) is 18.0 Å². The average Bonchev–Trinajstić information content (AvgIpc) is 2.96. The van der Waals surface area contributed by atoms with Gasteiger partial charge in [0.25, 0.3) is 5.91 Å². The molecule has 1 N–H and O–H groups in total. The lowest BCUT2D eigenvalue weighted by molar-refractivity contribution is -0.117. The van der Waals surface area contributed by atoms with E-state index in [1.807, 2.05) is 53.1 Å². The van der Waals surface area contributed by atoms with Crippen LogP contribution in [0.5, 0.6) is 0 Å². The summed E-state index contributed by atoms with van der Waals surface area (Å²) >= 11 is 1.42. The minimum absolute atomic E-state index is 0.124. The summed E-state index contributed by atoms with van der Waals surface area (Å²) in [5.74, 6) is -0.317. The third-order valence-corrected chi connectivity index (χ3v) is 4.98. The highest BCUT2D eigenvalue weighted by Gasteiger charge is 2.10. The van der Waals surface area contributed by atoms with Crippen LogP contribution in [0.2, 0.25) is 0 Å². The number of fused-ring (bicyclic) bond motifs is 1. The van der Waals surface area contributed by atoms with Crippen LogP contribution in [0.4, 0.5) is 5.69 Å². The highest BCUT2D eigenvalue weighted by molar-refractivity contribution is 7.16. The number of anilines is 1. The Balaban J connectivity index is 1.98. The second-order valence-corrected chi connectivity index (χ2v) is 7.07. The monoisotopic (exact) mass is 383 g/mol. The van der Waals surface area contributed by atoms with Gasteiger partial charge in [0, 0.05) is 26.3 Å². The van der Waals surface area contributed by atoms with Gasteiger partial charge in [-0.2, -0.15) is 4.99 Å². The Morgan fingerprint density at radius 3 is 2.67 bits per heavy atom. The minimum Gasteiger partial charge on any atom is -0.383 e. The fourth-order valence-electron chi connectivity index (χ4n) is 2.75. The minimum atomic E-state index is -0.194. The first-order chi connectivity index (χ1) is 13.1. The van der Waals surface area contributed by atoms with Crippen molar-refractivity contribution < 1.29 is 14.3 Å². The maximum Gasteiger partial charge on any atom is 0.252 e. The summed E-state index contributed by atoms with van der Waals surface area (Å²) < 4.78 is 8.12. The standard InChI is InChI=1S/C20H21N3O3S/c1-14(24)21-16-8-9-17-18(13-16)27-20(23(17)10-11-26-2)22-19(25)12-15-6-4-3-5-7-15/h3-9,13H,10-12H2,1-2H3,(H,21,24). The average molecular weight is 383 g/mol. The van der Waals surface area contributed by atoms with Gasteiger partial charge in [-0.3, -0.25) is 9.59 Å². The molecule has 0 saturated heterocycles. The molecule has 0 atom stereocenters. The van der Waals surface area contributed by atoms with Crippen molar-refractivity contribution in [3.8, 4) is 0 Å². The maximum absolute atomic E-state index is 12.4. The molecule has 0 fully saturated rings. The number of methoxy groups -OCH3 is 1. The number of ether oxygens (including phenoxy) is 1. The molecule has 0 aliphatic heterocycles. The van der Waals surface area contributed by atoms with E-state index in [1.54, 1.807) is 7.11 Å². The Hall–Kier alpha value is -2.77. The molecule has 6 nitrogen and oxygen atoms in total. The van der Waals surface area contributed by atoms with Crippen molar-refractivity contribution in [1.29, 1.82) is 0 Å². The highest BCUT2D eigenvalue weighted by Crippen LogP contribution is 2.22. The van der Waals surface area contributed by atoms with Crippen LogP contribution in [0.1, 0.15) is 12.5 Å². The van der Waals surface area contributed by atoms with E-state index in [2.05, 4.69) is 10.3 Å². The number of carbonyl (C=O) groups is 2. The second-order valence-electron chi connectivity index (χ2n) is 6.06. The Bertz CT molecular complexity index is 1020. The van der Waals surface area contributed by atoms with Gasteiger partial charge >= 0.3 is 0 Å². The summed E-state index contributed by atoms with van der Waals surface area (Å²) in [6, 6.07) is 15.2. The lowest BCUT2D eigenvalue weighted by atomic mass is 10.1. The smallest absolute Gasteiger partial charge is 0.252 e. The van der Waals surface area contributed by atoms with Crippen LogP contribution in [-0.2, 0) is 27.3 Å². The number of thiazole rings is 1. The largest absolute Gasteiger partial charge is 0.383 e. The van der Waals surface area contributed by atoms with E-state index in [0.717, 1.165) is 21.5 Å². The number of hydrogen-bond acceptors (Lipinski definition) is 4. The van der Waals surface area contributed by atoms with Crippen LogP contribution < -0.4 is 10.1 Å². The number of nitrogens with zero attached hydrogens (tertiary/aromatic N) is 2. The van der Waals surface area contributed by atoms with E-state index in [4.69, 9.17) is 4.74 Å². The zero-order valence-electron chi connectivity index (χ0n) is 15.3. The van der Waals surface area contributed by atoms with Crippen molar-refractivity contribution in [3.05, 3.63) is 58.9 Å². The van der Waals surface area contributed by atoms with Gasteiger partial charge in [0.15, 0.2) is 4.80 Å². The number of benzene rings is 2. The normalized spacial score (nSPS) is 11.7. The van der Waals surface area contributed by atoms with Gasteiger partial charge in [0.1, 0.15) is 0 Å². The molecule has 7 heteroatoms. The van der Waals surface area contributed by atoms with Gasteiger partial charge in [-0.05, 0) is 23.8 Å². The molecule has 0 radical (unpaired) electrons. The Labute approximate surface area is 161 Å². The van der Waals surface area contributed by atoms with Crippen molar-refractivity contribution in [2.75, 3.05) is 19.0 Å². The van der Waals surface area contributed by atoms with Crippen molar-refractivity contribution in [1.82, 2.24) is 4.57 Å². The molecule has 0 bridgehead atoms. The summed E-state index contributed by atoms with van der Waals surface area (Å²) in [6.45, 7) is 2.58. The summed E-state index contributed by atoms with van der Waals surface area (Å²) in [5, 5.41) is 2.78. The molecule has 0 spiro atoms. The van der Waals surface area contributed by atoms with Gasteiger partial charge in [-0.1, -0.05) is 41.7 Å². The van der Waals surface area contributed by atoms with E-state index >= 15 is 0 Å². The number of carbonyl (C=O) groups excluding carboxylic acids is 2. The number of amides is 2. The lowest BCUT2D eigenvalue weighted by Gasteiger charge is -2.05. The van der Waals surface area contributed by atoms with Crippen molar-refractivity contribution in [2.45, 2.75) is 19.9 Å². The van der Waals surface area contributed by atoms with Crippen LogP contribution in [0, 0.1) is 0 Å². The summed E-state index contributed by atoms with van der Waals surface area (Å²) in [5.41, 5.74) is 2.61. The maximum atomic E-state index is 12.4. The fourth-order valence-corrected chi connectivity index (χ4v) is 3.87. The van der Waals surface area contributed by atoms with Gasteiger partial charge in [0.2, 0.25) is 5.91 Å². The molecule has 0 aliphatic rings. The van der Waals surface area contributed by atoms with Gasteiger partial charge in [0.05, 0.1) is 23.2 Å². The Morgan fingerprint density at radius 1 is 1.19 bits per heavy atom. The molecule has 0 saturated carbocycles. The zero-order valence-corrected chi connectivity index (χ0v) is 16.1. The zero-order chi connectivity index (χ0) is 19.2. The Morgan fingerprint density at radius 2 is 1.96 bits per heavy atom. The van der Waals surface area contributed by atoms with E-state index < -0.39 is 0 Å². The topological polar surface area (TPSA) is 72.7 Å². The van der Waals surface area contributed by atoms with Crippen LogP contribution in [0.15, 0.2) is 53.5 Å². The molecule has 2 amide bonds. The molecule has 27 heavy (non-hydrogen) atoms. The molecule has 0 unspecified atom stereocenters. The molecule has 0 aliphatic carbocycles. The molecule has 1 aromatic heterocycles. The molecular weight excluding hydrogens is 362 g/mol. The third kappa shape index (κ3) is 4.90. The summed E-state index contributed by atoms with van der Waals surface area (Å²) in [4.78, 5) is 28.7. The predicted octanol–water partition coefficient (Wildman–Crippen LogP) is 2.98. The highest BCUT2D eigenvalue weighted by atomic mass is 32.1. The first kappa shape index (κ1) is 19.0. The lowest BCUT2D eigenvalue weighted by Crippen LogP contribution is -2.19. The Kier molecular flexibility index (Phi) is 6.16. The first-order valence-electron chi connectivity index (χ1n) is 8.58. The van der Waals surface area contributed by atoms with E-state index in [-0.39, 0.29) is 18.2 Å². The molecular formula is C20H21N3O3S. The number of nitrogens with one attached hydrogen (secondary N) is 1. The number of aromatic nitrogens is 1. The van der Waals surface area contributed by atoms with Gasteiger partial charge < -0.3 is 14.6 Å². The second kappa shape index (κ2) is 8.75. The molecule has 2 aromatic carbocycles. The van der Waals surface area contributed by atoms with Gasteiger partial charge in [-0.15, -0.1) is 0 Å². The predicted molar refractivity (Wildman–Crippen MR) is 107 cm³/mol. The first-order valence-corrected chi connectivity index (χ1v) is 9.40. The van der Waals surface area contributed by atoms with Crippen molar-refractivity contribution >= 4 is 39.1 Å². The van der Waals surface area contributed by atoms with Crippen LogP contribution in [0.3, 0.4) is 0 Å². The van der Waals surface area contributed by atoms with Crippen LogP contribution in [-0.4, -0.2) is 30.1 Å². The summed E-state index contributed by atoms with van der Waals surface area (Å²) in [6.07, 6.45) is 0.260. The van der Waals surface area contributed by atoms with Gasteiger partial charge in [-0.25, -0.2) is 0 Å². The molecule has 3 aromatic rings. The molecule has 1 heterocycles. The quantitative estimate of drug-likeness (QED) is 0.711. The van der Waals surface area contributed by atoms with Crippen LogP contribution in [0.25, 0.3) is 10.2 Å². The van der Waals surface area contributed by atoms with E-state index in [1.165, 1.54) is 18.3 Å². The third-order valence-electron chi connectivity index (χ3n) is 3.94. The fraction of sp³-hybridized carbons (Fsp3) is 0.250. The number of rotatable bonds is 6. The molecule has 3 rings (SSSR count). The number of hydrogen-bond donors (Lipinski definition) is 1.